The molecular weight excluding hydrogens is 340 g/mol. The standard InChI is InChI=1S/C18H26N2O4S/c1-3-15-6-5-11-20(13-15)18(22)9-10-19-25(23,24)17-8-4-7-16(12-17)14(2)21/h4,7-8,12,15,19H,3,5-6,9-11,13H2,1-2H3. The van der Waals surface area contributed by atoms with Crippen molar-refractivity contribution in [2.24, 2.45) is 5.92 Å². The topological polar surface area (TPSA) is 83.6 Å². The summed E-state index contributed by atoms with van der Waals surface area (Å²) in [6.07, 6.45) is 3.36. The summed E-state index contributed by atoms with van der Waals surface area (Å²) >= 11 is 0. The third-order valence-corrected chi connectivity index (χ3v) is 6.09. The maximum Gasteiger partial charge on any atom is 0.240 e. The highest BCUT2D eigenvalue weighted by Crippen LogP contribution is 2.19. The lowest BCUT2D eigenvalue weighted by molar-refractivity contribution is -0.132. The molecule has 2 rings (SSSR count). The molecule has 0 spiro atoms. The Hall–Kier alpha value is -1.73. The molecule has 1 unspecified atom stereocenters. The molecule has 1 saturated heterocycles. The normalized spacial score (nSPS) is 18.2. The van der Waals surface area contributed by atoms with Crippen molar-refractivity contribution in [1.29, 1.82) is 0 Å². The summed E-state index contributed by atoms with van der Waals surface area (Å²) in [5.41, 5.74) is 0.345. The summed E-state index contributed by atoms with van der Waals surface area (Å²) < 4.78 is 27.1. The number of sulfonamides is 1. The Balaban J connectivity index is 1.91. The van der Waals surface area contributed by atoms with Gasteiger partial charge in [-0.3, -0.25) is 9.59 Å². The summed E-state index contributed by atoms with van der Waals surface area (Å²) in [5, 5.41) is 0. The second kappa shape index (κ2) is 8.58. The van der Waals surface area contributed by atoms with Crippen LogP contribution in [0.25, 0.3) is 0 Å². The largest absolute Gasteiger partial charge is 0.342 e. The van der Waals surface area contributed by atoms with Gasteiger partial charge in [-0.1, -0.05) is 25.5 Å². The minimum Gasteiger partial charge on any atom is -0.342 e. The Morgan fingerprint density at radius 2 is 2.08 bits per heavy atom. The number of hydrogen-bond donors (Lipinski definition) is 1. The van der Waals surface area contributed by atoms with E-state index in [1.54, 1.807) is 6.07 Å². The number of carbonyl (C=O) groups is 2. The highest BCUT2D eigenvalue weighted by atomic mass is 32.2. The first-order chi connectivity index (χ1) is 11.8. The Morgan fingerprint density at radius 3 is 2.76 bits per heavy atom. The van der Waals surface area contributed by atoms with Crippen LogP contribution in [0.3, 0.4) is 0 Å². The molecular formula is C18H26N2O4S. The second-order valence-electron chi connectivity index (χ2n) is 6.49. The summed E-state index contributed by atoms with van der Waals surface area (Å²) in [5.74, 6) is 0.338. The van der Waals surface area contributed by atoms with Crippen LogP contribution in [0, 0.1) is 5.92 Å². The average Bonchev–Trinajstić information content (AvgIpc) is 2.61. The quantitative estimate of drug-likeness (QED) is 0.750. The Labute approximate surface area is 149 Å². The van der Waals surface area contributed by atoms with E-state index in [0.29, 0.717) is 11.5 Å². The zero-order chi connectivity index (χ0) is 18.4. The monoisotopic (exact) mass is 366 g/mol. The molecule has 138 valence electrons. The van der Waals surface area contributed by atoms with E-state index in [1.165, 1.54) is 25.1 Å². The van der Waals surface area contributed by atoms with Crippen LogP contribution < -0.4 is 4.72 Å². The highest BCUT2D eigenvalue weighted by Gasteiger charge is 2.23. The van der Waals surface area contributed by atoms with E-state index in [2.05, 4.69) is 11.6 Å². The van der Waals surface area contributed by atoms with E-state index in [-0.39, 0.29) is 29.6 Å². The molecule has 1 aromatic carbocycles. The predicted molar refractivity (Wildman–Crippen MR) is 95.8 cm³/mol. The number of hydrogen-bond acceptors (Lipinski definition) is 4. The van der Waals surface area contributed by atoms with Crippen LogP contribution in [0.2, 0.25) is 0 Å². The zero-order valence-corrected chi connectivity index (χ0v) is 15.6. The zero-order valence-electron chi connectivity index (χ0n) is 14.8. The van der Waals surface area contributed by atoms with Crippen LogP contribution in [-0.2, 0) is 14.8 Å². The molecule has 1 aliphatic heterocycles. The number of piperidine rings is 1. The maximum atomic E-state index is 12.3. The molecule has 1 heterocycles. The van der Waals surface area contributed by atoms with E-state index in [0.717, 1.165) is 32.4 Å². The van der Waals surface area contributed by atoms with Crippen molar-refractivity contribution in [2.45, 2.75) is 44.4 Å². The van der Waals surface area contributed by atoms with Gasteiger partial charge in [0.05, 0.1) is 4.90 Å². The van der Waals surface area contributed by atoms with Gasteiger partial charge in [0.1, 0.15) is 0 Å². The van der Waals surface area contributed by atoms with E-state index < -0.39 is 10.0 Å². The molecule has 1 amide bonds. The van der Waals surface area contributed by atoms with Gasteiger partial charge < -0.3 is 4.90 Å². The van der Waals surface area contributed by atoms with Crippen LogP contribution in [0.15, 0.2) is 29.2 Å². The molecule has 25 heavy (non-hydrogen) atoms. The van der Waals surface area contributed by atoms with E-state index in [1.807, 2.05) is 4.90 Å². The summed E-state index contributed by atoms with van der Waals surface area (Å²) in [7, 11) is -3.73. The van der Waals surface area contributed by atoms with Gasteiger partial charge in [0, 0.05) is 31.6 Å². The van der Waals surface area contributed by atoms with Gasteiger partial charge in [-0.2, -0.15) is 0 Å². The minimum absolute atomic E-state index is 0.0154. The molecule has 6 nitrogen and oxygen atoms in total. The van der Waals surface area contributed by atoms with Crippen molar-refractivity contribution in [1.82, 2.24) is 9.62 Å². The number of likely N-dealkylation sites (tertiary alicyclic amines) is 1. The Morgan fingerprint density at radius 1 is 1.32 bits per heavy atom. The number of benzene rings is 1. The number of amides is 1. The van der Waals surface area contributed by atoms with Gasteiger partial charge in [0.15, 0.2) is 5.78 Å². The SMILES string of the molecule is CCC1CCCN(C(=O)CCNS(=O)(=O)c2cccc(C(C)=O)c2)C1. The summed E-state index contributed by atoms with van der Waals surface area (Å²) in [4.78, 5) is 25.5. The molecule has 1 N–H and O–H groups in total. The number of Topliss-reactive ketones (excluding diaryl/α,β-unsaturated/α-hetero) is 1. The van der Waals surface area contributed by atoms with Crippen LogP contribution in [0.4, 0.5) is 0 Å². The van der Waals surface area contributed by atoms with Gasteiger partial charge in [-0.25, -0.2) is 13.1 Å². The highest BCUT2D eigenvalue weighted by molar-refractivity contribution is 7.89. The molecule has 0 radical (unpaired) electrons. The van der Waals surface area contributed by atoms with E-state index in [4.69, 9.17) is 0 Å². The first-order valence-electron chi connectivity index (χ1n) is 8.72. The first kappa shape index (κ1) is 19.6. The predicted octanol–water partition coefficient (Wildman–Crippen LogP) is 2.21. The first-order valence-corrected chi connectivity index (χ1v) is 10.2. The van der Waals surface area contributed by atoms with E-state index in [9.17, 15) is 18.0 Å². The fourth-order valence-electron chi connectivity index (χ4n) is 3.04. The number of ketones is 1. The van der Waals surface area contributed by atoms with Crippen LogP contribution in [0.1, 0.15) is 49.9 Å². The number of nitrogens with zero attached hydrogens (tertiary/aromatic N) is 1. The fourth-order valence-corrected chi connectivity index (χ4v) is 4.12. The van der Waals surface area contributed by atoms with Gasteiger partial charge in [0.25, 0.3) is 0 Å². The molecule has 7 heteroatoms. The molecule has 0 saturated carbocycles. The van der Waals surface area contributed by atoms with Crippen molar-refractivity contribution in [3.05, 3.63) is 29.8 Å². The van der Waals surface area contributed by atoms with Gasteiger partial charge >= 0.3 is 0 Å². The Kier molecular flexibility index (Phi) is 6.72. The van der Waals surface area contributed by atoms with Gasteiger partial charge in [-0.15, -0.1) is 0 Å². The van der Waals surface area contributed by atoms with Crippen LogP contribution in [0.5, 0.6) is 0 Å². The third-order valence-electron chi connectivity index (χ3n) is 4.63. The number of nitrogens with one attached hydrogen (secondary N) is 1. The maximum absolute atomic E-state index is 12.3. The van der Waals surface area contributed by atoms with Crippen molar-refractivity contribution in [3.8, 4) is 0 Å². The molecule has 0 bridgehead atoms. The van der Waals surface area contributed by atoms with Crippen LogP contribution >= 0.6 is 0 Å². The molecule has 0 aromatic heterocycles. The fraction of sp³-hybridized carbons (Fsp3) is 0.556. The lowest BCUT2D eigenvalue weighted by Crippen LogP contribution is -2.41. The molecule has 1 fully saturated rings. The average molecular weight is 366 g/mol. The van der Waals surface area contributed by atoms with Gasteiger partial charge in [-0.05, 0) is 37.8 Å². The molecule has 0 aliphatic carbocycles. The van der Waals surface area contributed by atoms with Crippen molar-refractivity contribution >= 4 is 21.7 Å². The Bertz CT molecular complexity index is 730. The van der Waals surface area contributed by atoms with Gasteiger partial charge in [0.2, 0.25) is 15.9 Å². The second-order valence-corrected chi connectivity index (χ2v) is 8.26. The van der Waals surface area contributed by atoms with Crippen molar-refractivity contribution in [3.63, 3.8) is 0 Å². The molecule has 1 aromatic rings. The third kappa shape index (κ3) is 5.37. The number of rotatable bonds is 7. The summed E-state index contributed by atoms with van der Waals surface area (Å²) in [6.45, 7) is 5.09. The summed E-state index contributed by atoms with van der Waals surface area (Å²) in [6, 6.07) is 5.90. The smallest absolute Gasteiger partial charge is 0.240 e. The lowest BCUT2D eigenvalue weighted by atomic mass is 9.95. The minimum atomic E-state index is -3.73. The van der Waals surface area contributed by atoms with Crippen LogP contribution in [-0.4, -0.2) is 44.6 Å². The lowest BCUT2D eigenvalue weighted by Gasteiger charge is -2.32. The van der Waals surface area contributed by atoms with E-state index >= 15 is 0 Å². The molecule has 1 atom stereocenters. The van der Waals surface area contributed by atoms with Crippen molar-refractivity contribution in [2.75, 3.05) is 19.6 Å². The number of carbonyl (C=O) groups excluding carboxylic acids is 2. The van der Waals surface area contributed by atoms with Crippen molar-refractivity contribution < 1.29 is 18.0 Å². The molecule has 1 aliphatic rings.